The summed E-state index contributed by atoms with van der Waals surface area (Å²) in [4.78, 5) is 59.6. The molecule has 13 nitrogen and oxygen atoms in total. The average Bonchev–Trinajstić information content (AvgIpc) is 3.43. The van der Waals surface area contributed by atoms with Gasteiger partial charge in [0.15, 0.2) is 5.78 Å². The number of pyridine rings is 2. The third kappa shape index (κ3) is 6.19. The van der Waals surface area contributed by atoms with Crippen LogP contribution in [-0.2, 0) is 32.2 Å². The third-order valence-electron chi connectivity index (χ3n) is 8.38. The van der Waals surface area contributed by atoms with E-state index in [0.717, 1.165) is 12.0 Å². The molecule has 4 aromatic heterocycles. The Kier molecular flexibility index (Phi) is 8.77. The maximum atomic E-state index is 14.1. The van der Waals surface area contributed by atoms with Crippen LogP contribution in [0.3, 0.4) is 0 Å². The van der Waals surface area contributed by atoms with Gasteiger partial charge in [0.1, 0.15) is 34.5 Å². The lowest BCUT2D eigenvalue weighted by atomic mass is 10.00. The monoisotopic (exact) mass is 688 g/mol. The smallest absolute Gasteiger partial charge is 0.248 e. The van der Waals surface area contributed by atoms with E-state index < -0.39 is 6.04 Å². The first-order chi connectivity index (χ1) is 22.1. The number of halogens is 1. The molecule has 1 aliphatic heterocycles. The molecule has 2 amide bonds. The van der Waals surface area contributed by atoms with E-state index in [9.17, 15) is 14.4 Å². The van der Waals surface area contributed by atoms with Crippen LogP contribution in [0, 0.1) is 12.3 Å². The molecular formula is C32H33BrN8O5. The summed E-state index contributed by atoms with van der Waals surface area (Å²) in [6.45, 7) is 7.88. The van der Waals surface area contributed by atoms with Gasteiger partial charge in [-0.25, -0.2) is 15.0 Å². The van der Waals surface area contributed by atoms with E-state index in [1.165, 1.54) is 11.6 Å². The van der Waals surface area contributed by atoms with Gasteiger partial charge in [-0.15, -0.1) is 6.58 Å². The number of aryl methyl sites for hydroxylation is 1. The molecule has 0 aromatic carbocycles. The number of methoxy groups -OCH3 is 1. The van der Waals surface area contributed by atoms with E-state index >= 15 is 0 Å². The van der Waals surface area contributed by atoms with Crippen molar-refractivity contribution in [3.63, 3.8) is 0 Å². The molecule has 2 aliphatic rings. The normalized spacial score (nSPS) is 20.0. The number of amides is 2. The maximum Gasteiger partial charge on any atom is 0.248 e. The predicted octanol–water partition coefficient (Wildman–Crippen LogP) is 3.90. The number of rotatable bonds is 12. The van der Waals surface area contributed by atoms with Gasteiger partial charge in [0.25, 0.3) is 0 Å². The second kappa shape index (κ2) is 12.8. The number of piperidine rings is 1. The number of fused-ring (bicyclic) bond motifs is 2. The highest BCUT2D eigenvalue weighted by Gasteiger charge is 2.67. The number of hydrogen-bond donors (Lipinski definition) is 1. The lowest BCUT2D eigenvalue weighted by molar-refractivity contribution is -0.138. The van der Waals surface area contributed by atoms with E-state index in [4.69, 9.17) is 9.47 Å². The fourth-order valence-corrected chi connectivity index (χ4v) is 6.67. The standard InChI is InChI=1S/C32H33BrN8O5/c1-5-6-46-17-32-10-24(31(44)38-28-8-20(16-45-4)7-27(33)37-28)41(26(32)11-32)29(43)15-40-25-14-36-23(21-12-34-19(3)35-13-21)9-22(25)30(39-40)18(2)42/h5,7-9,12-14,24,26H,1,6,10-11,15-17H2,2-4H3,(H,37,38,44)/t24-,26+,32-/m0/s1. The van der Waals surface area contributed by atoms with Crippen molar-refractivity contribution in [2.75, 3.05) is 25.6 Å². The van der Waals surface area contributed by atoms with Crippen LogP contribution < -0.4 is 5.32 Å². The van der Waals surface area contributed by atoms with Crippen molar-refractivity contribution in [3.8, 4) is 11.3 Å². The van der Waals surface area contributed by atoms with Crippen molar-refractivity contribution >= 4 is 50.2 Å². The van der Waals surface area contributed by atoms with E-state index in [0.29, 0.717) is 64.6 Å². The van der Waals surface area contributed by atoms with Gasteiger partial charge in [0, 0.05) is 48.8 Å². The lowest BCUT2D eigenvalue weighted by Gasteiger charge is -2.27. The summed E-state index contributed by atoms with van der Waals surface area (Å²) in [5.41, 5.74) is 2.51. The highest BCUT2D eigenvalue weighted by atomic mass is 79.9. The van der Waals surface area contributed by atoms with E-state index in [1.807, 2.05) is 6.07 Å². The largest absolute Gasteiger partial charge is 0.380 e. The number of nitrogens with one attached hydrogen (secondary N) is 1. The van der Waals surface area contributed by atoms with Gasteiger partial charge < -0.3 is 19.7 Å². The van der Waals surface area contributed by atoms with Crippen LogP contribution in [0.5, 0.6) is 0 Å². The Morgan fingerprint density at radius 2 is 1.93 bits per heavy atom. The molecule has 1 aliphatic carbocycles. The first kappa shape index (κ1) is 31.6. The Labute approximate surface area is 273 Å². The number of likely N-dealkylation sites (tertiary alicyclic amines) is 1. The molecule has 3 atom stereocenters. The maximum absolute atomic E-state index is 14.1. The zero-order chi connectivity index (χ0) is 32.6. The first-order valence-corrected chi connectivity index (χ1v) is 15.5. The molecule has 0 spiro atoms. The number of hydrogen-bond acceptors (Lipinski definition) is 10. The van der Waals surface area contributed by atoms with Gasteiger partial charge in [0.2, 0.25) is 11.8 Å². The van der Waals surface area contributed by atoms with Crippen LogP contribution in [0.1, 0.15) is 41.6 Å². The lowest BCUT2D eigenvalue weighted by Crippen LogP contribution is -2.46. The predicted molar refractivity (Wildman–Crippen MR) is 172 cm³/mol. The van der Waals surface area contributed by atoms with Crippen molar-refractivity contribution in [2.45, 2.75) is 51.9 Å². The van der Waals surface area contributed by atoms with Crippen LogP contribution in [0.25, 0.3) is 22.2 Å². The van der Waals surface area contributed by atoms with Gasteiger partial charge in [-0.05, 0) is 59.5 Å². The van der Waals surface area contributed by atoms with Crippen LogP contribution in [0.4, 0.5) is 5.82 Å². The Bertz CT molecular complexity index is 1840. The zero-order valence-corrected chi connectivity index (χ0v) is 27.3. The molecule has 1 N–H and O–H groups in total. The first-order valence-electron chi connectivity index (χ1n) is 14.7. The van der Waals surface area contributed by atoms with E-state index in [1.54, 1.807) is 55.7 Å². The van der Waals surface area contributed by atoms with Crippen LogP contribution in [0.2, 0.25) is 0 Å². The Morgan fingerprint density at radius 3 is 2.65 bits per heavy atom. The quantitative estimate of drug-likeness (QED) is 0.100. The second-order valence-corrected chi connectivity index (χ2v) is 12.5. The molecule has 4 aromatic rings. The molecule has 0 unspecified atom stereocenters. The third-order valence-corrected chi connectivity index (χ3v) is 8.79. The van der Waals surface area contributed by atoms with Gasteiger partial charge in [-0.3, -0.25) is 24.0 Å². The second-order valence-electron chi connectivity index (χ2n) is 11.7. The zero-order valence-electron chi connectivity index (χ0n) is 25.7. The fraction of sp³-hybridized carbons (Fsp3) is 0.375. The van der Waals surface area contributed by atoms with Gasteiger partial charge in [-0.1, -0.05) is 6.08 Å². The minimum Gasteiger partial charge on any atom is -0.380 e. The molecule has 238 valence electrons. The number of aromatic nitrogens is 6. The van der Waals surface area contributed by atoms with Crippen molar-refractivity contribution in [1.29, 1.82) is 0 Å². The number of carbonyl (C=O) groups is 3. The van der Waals surface area contributed by atoms with Crippen molar-refractivity contribution in [1.82, 2.24) is 34.6 Å². The highest BCUT2D eigenvalue weighted by molar-refractivity contribution is 9.10. The molecule has 14 heteroatoms. The number of Topliss-reactive ketones (excluding diaryl/α,β-unsaturated/α-hetero) is 1. The molecule has 0 bridgehead atoms. The molecule has 46 heavy (non-hydrogen) atoms. The Hall–Kier alpha value is -4.40. The van der Waals surface area contributed by atoms with Gasteiger partial charge in [-0.2, -0.15) is 5.10 Å². The van der Waals surface area contributed by atoms with E-state index in [-0.39, 0.29) is 41.3 Å². The van der Waals surface area contributed by atoms with Crippen LogP contribution in [0.15, 0.2) is 54.0 Å². The summed E-state index contributed by atoms with van der Waals surface area (Å²) in [5.74, 6) is 0.0819. The summed E-state index contributed by atoms with van der Waals surface area (Å²) >= 11 is 3.39. The average molecular weight is 690 g/mol. The number of nitrogens with zero attached hydrogens (tertiary/aromatic N) is 7. The molecule has 1 saturated carbocycles. The minimum atomic E-state index is -0.759. The summed E-state index contributed by atoms with van der Waals surface area (Å²) in [6, 6.07) is 4.36. The topological polar surface area (TPSA) is 154 Å². The van der Waals surface area contributed by atoms with Crippen molar-refractivity contribution in [2.24, 2.45) is 5.41 Å². The number of anilines is 1. The summed E-state index contributed by atoms with van der Waals surface area (Å²) in [5, 5.41) is 7.99. The van der Waals surface area contributed by atoms with Crippen LogP contribution in [-0.4, -0.2) is 84.6 Å². The molecule has 2 fully saturated rings. The SMILES string of the molecule is C=CCOC[C@@]12C[C@@H](C(=O)Nc3cc(COC)cc(Br)n3)N(C(=O)Cn3nc(C(C)=O)c4cc(-c5cnc(C)nc5)ncc43)[C@@H]1C2. The molecule has 5 heterocycles. The van der Waals surface area contributed by atoms with Crippen molar-refractivity contribution < 1.29 is 23.9 Å². The molecular weight excluding hydrogens is 656 g/mol. The van der Waals surface area contributed by atoms with Crippen molar-refractivity contribution in [3.05, 3.63) is 71.1 Å². The molecule has 0 radical (unpaired) electrons. The summed E-state index contributed by atoms with van der Waals surface area (Å²) < 4.78 is 13.1. The van der Waals surface area contributed by atoms with Gasteiger partial charge in [0.05, 0.1) is 37.2 Å². The highest BCUT2D eigenvalue weighted by Crippen LogP contribution is 2.60. The molecule has 6 rings (SSSR count). The Morgan fingerprint density at radius 1 is 1.15 bits per heavy atom. The molecule has 1 saturated heterocycles. The summed E-state index contributed by atoms with van der Waals surface area (Å²) in [6.07, 6.45) is 7.75. The fourth-order valence-electron chi connectivity index (χ4n) is 6.18. The number of ketones is 1. The number of ether oxygens (including phenoxy) is 2. The Balaban J connectivity index is 1.29. The minimum absolute atomic E-state index is 0.180. The van der Waals surface area contributed by atoms with E-state index in [2.05, 4.69) is 52.9 Å². The van der Waals surface area contributed by atoms with Gasteiger partial charge >= 0.3 is 0 Å². The summed E-state index contributed by atoms with van der Waals surface area (Å²) in [7, 11) is 1.59. The van der Waals surface area contributed by atoms with Crippen LogP contribution >= 0.6 is 15.9 Å². The number of carbonyl (C=O) groups excluding carboxylic acids is 3.